The van der Waals surface area contributed by atoms with Gasteiger partial charge in [0.2, 0.25) is 5.91 Å². The van der Waals surface area contributed by atoms with E-state index in [9.17, 15) is 4.79 Å². The van der Waals surface area contributed by atoms with Gasteiger partial charge in [-0.15, -0.1) is 11.8 Å². The number of amides is 1. The van der Waals surface area contributed by atoms with Crippen molar-refractivity contribution in [3.05, 3.63) is 60.2 Å². The zero-order valence-electron chi connectivity index (χ0n) is 13.5. The van der Waals surface area contributed by atoms with Gasteiger partial charge in [0.1, 0.15) is 12.4 Å². The lowest BCUT2D eigenvalue weighted by atomic mass is 10.2. The SMILES string of the molecule is CCc1ccc(OCCNC(=O)CCSc2ccccc2)cc1. The normalized spacial score (nSPS) is 10.3. The molecule has 0 spiro atoms. The number of carbonyl (C=O) groups excluding carboxylic acids is 1. The van der Waals surface area contributed by atoms with Gasteiger partial charge in [0.15, 0.2) is 0 Å². The molecule has 1 N–H and O–H groups in total. The van der Waals surface area contributed by atoms with E-state index in [0.717, 1.165) is 17.9 Å². The van der Waals surface area contributed by atoms with E-state index in [4.69, 9.17) is 4.74 Å². The summed E-state index contributed by atoms with van der Waals surface area (Å²) in [5.74, 6) is 1.70. The summed E-state index contributed by atoms with van der Waals surface area (Å²) in [6.45, 7) is 3.15. The van der Waals surface area contributed by atoms with Crippen molar-refractivity contribution in [3.63, 3.8) is 0 Å². The maximum Gasteiger partial charge on any atom is 0.220 e. The molecule has 2 aromatic rings. The molecule has 4 heteroatoms. The predicted octanol–water partition coefficient (Wildman–Crippen LogP) is 3.93. The summed E-state index contributed by atoms with van der Waals surface area (Å²) in [7, 11) is 0. The molecule has 1 amide bonds. The highest BCUT2D eigenvalue weighted by Gasteiger charge is 2.02. The first kappa shape index (κ1) is 17.4. The van der Waals surface area contributed by atoms with Crippen molar-refractivity contribution < 1.29 is 9.53 Å². The van der Waals surface area contributed by atoms with Crippen molar-refractivity contribution in [2.45, 2.75) is 24.7 Å². The van der Waals surface area contributed by atoms with E-state index in [1.54, 1.807) is 11.8 Å². The van der Waals surface area contributed by atoms with Gasteiger partial charge in [-0.25, -0.2) is 0 Å². The molecule has 0 aromatic heterocycles. The molecule has 0 unspecified atom stereocenters. The fourth-order valence-corrected chi connectivity index (χ4v) is 2.92. The number of carbonyl (C=O) groups is 1. The first-order valence-corrected chi connectivity index (χ1v) is 8.93. The fraction of sp³-hybridized carbons (Fsp3) is 0.316. The van der Waals surface area contributed by atoms with Gasteiger partial charge in [-0.05, 0) is 36.2 Å². The molecule has 0 radical (unpaired) electrons. The zero-order valence-corrected chi connectivity index (χ0v) is 14.3. The smallest absolute Gasteiger partial charge is 0.220 e. The molecule has 2 rings (SSSR count). The molecule has 2 aromatic carbocycles. The Hall–Kier alpha value is -1.94. The van der Waals surface area contributed by atoms with Crippen LogP contribution in [0.4, 0.5) is 0 Å². The van der Waals surface area contributed by atoms with Gasteiger partial charge in [-0.3, -0.25) is 4.79 Å². The minimum absolute atomic E-state index is 0.0679. The summed E-state index contributed by atoms with van der Waals surface area (Å²) >= 11 is 1.70. The summed E-state index contributed by atoms with van der Waals surface area (Å²) in [5, 5.41) is 2.88. The molecule has 0 heterocycles. The van der Waals surface area contributed by atoms with E-state index in [0.29, 0.717) is 19.6 Å². The van der Waals surface area contributed by atoms with Gasteiger partial charge in [0.25, 0.3) is 0 Å². The molecule has 0 fully saturated rings. The molecule has 122 valence electrons. The lowest BCUT2D eigenvalue weighted by Gasteiger charge is -2.08. The van der Waals surface area contributed by atoms with Crippen molar-refractivity contribution in [1.82, 2.24) is 5.32 Å². The number of benzene rings is 2. The molecule has 0 saturated carbocycles. The minimum Gasteiger partial charge on any atom is -0.492 e. The standard InChI is InChI=1S/C19H23NO2S/c1-2-16-8-10-17(11-9-16)22-14-13-20-19(21)12-15-23-18-6-4-3-5-7-18/h3-11H,2,12-15H2,1H3,(H,20,21). The maximum atomic E-state index is 11.7. The number of ether oxygens (including phenoxy) is 1. The first-order valence-electron chi connectivity index (χ1n) is 7.94. The van der Waals surface area contributed by atoms with E-state index in [1.165, 1.54) is 10.5 Å². The molecule has 0 bridgehead atoms. The van der Waals surface area contributed by atoms with E-state index < -0.39 is 0 Å². The lowest BCUT2D eigenvalue weighted by molar-refractivity contribution is -0.120. The van der Waals surface area contributed by atoms with E-state index in [2.05, 4.69) is 36.5 Å². The summed E-state index contributed by atoms with van der Waals surface area (Å²) < 4.78 is 5.61. The molecule has 0 aliphatic rings. The Morgan fingerprint density at radius 3 is 2.52 bits per heavy atom. The number of thioether (sulfide) groups is 1. The molecule has 0 aliphatic carbocycles. The van der Waals surface area contributed by atoms with Gasteiger partial charge in [0.05, 0.1) is 6.54 Å². The summed E-state index contributed by atoms with van der Waals surface area (Å²) in [4.78, 5) is 12.9. The third-order valence-corrected chi connectivity index (χ3v) is 4.38. The highest BCUT2D eigenvalue weighted by Crippen LogP contribution is 2.17. The van der Waals surface area contributed by atoms with Gasteiger partial charge >= 0.3 is 0 Å². The zero-order chi connectivity index (χ0) is 16.3. The van der Waals surface area contributed by atoms with E-state index >= 15 is 0 Å². The fourth-order valence-electron chi connectivity index (χ4n) is 2.05. The number of rotatable bonds is 9. The van der Waals surface area contributed by atoms with Crippen LogP contribution in [-0.2, 0) is 11.2 Å². The molecular weight excluding hydrogens is 306 g/mol. The third kappa shape index (κ3) is 6.78. The molecule has 0 atom stereocenters. The Morgan fingerprint density at radius 2 is 1.83 bits per heavy atom. The molecule has 0 saturated heterocycles. The third-order valence-electron chi connectivity index (χ3n) is 3.37. The largest absolute Gasteiger partial charge is 0.492 e. The lowest BCUT2D eigenvalue weighted by Crippen LogP contribution is -2.28. The second-order valence-electron chi connectivity index (χ2n) is 5.11. The second-order valence-corrected chi connectivity index (χ2v) is 6.28. The average molecular weight is 329 g/mol. The highest BCUT2D eigenvalue weighted by atomic mass is 32.2. The summed E-state index contributed by atoms with van der Waals surface area (Å²) in [6, 6.07) is 18.2. The second kappa shape index (κ2) is 9.95. The topological polar surface area (TPSA) is 38.3 Å². The number of aryl methyl sites for hydroxylation is 1. The van der Waals surface area contributed by atoms with Gasteiger partial charge in [-0.1, -0.05) is 37.3 Å². The molecule has 0 aliphatic heterocycles. The van der Waals surface area contributed by atoms with Crippen LogP contribution in [0.3, 0.4) is 0 Å². The van der Waals surface area contributed by atoms with Crippen LogP contribution in [0.5, 0.6) is 5.75 Å². The first-order chi connectivity index (χ1) is 11.3. The quantitative estimate of drug-likeness (QED) is 0.560. The van der Waals surface area contributed by atoms with Crippen LogP contribution in [0.25, 0.3) is 0 Å². The van der Waals surface area contributed by atoms with E-state index in [-0.39, 0.29) is 5.91 Å². The van der Waals surface area contributed by atoms with Crippen LogP contribution in [0, 0.1) is 0 Å². The van der Waals surface area contributed by atoms with Crippen molar-refractivity contribution in [2.75, 3.05) is 18.9 Å². The monoisotopic (exact) mass is 329 g/mol. The van der Waals surface area contributed by atoms with Crippen LogP contribution in [0.2, 0.25) is 0 Å². The van der Waals surface area contributed by atoms with Gasteiger partial charge < -0.3 is 10.1 Å². The van der Waals surface area contributed by atoms with Crippen molar-refractivity contribution >= 4 is 17.7 Å². The Labute approximate surface area is 142 Å². The highest BCUT2D eigenvalue weighted by molar-refractivity contribution is 7.99. The maximum absolute atomic E-state index is 11.7. The van der Waals surface area contributed by atoms with Crippen molar-refractivity contribution in [1.29, 1.82) is 0 Å². The Bertz CT molecular complexity index is 584. The summed E-state index contributed by atoms with van der Waals surface area (Å²) in [6.07, 6.45) is 1.54. The predicted molar refractivity (Wildman–Crippen MR) is 96.1 cm³/mol. The molecular formula is C19H23NO2S. The van der Waals surface area contributed by atoms with Crippen molar-refractivity contribution in [3.8, 4) is 5.75 Å². The number of hydrogen-bond donors (Lipinski definition) is 1. The van der Waals surface area contributed by atoms with Gasteiger partial charge in [-0.2, -0.15) is 0 Å². The van der Waals surface area contributed by atoms with Crippen LogP contribution in [0.15, 0.2) is 59.5 Å². The average Bonchev–Trinajstić information content (AvgIpc) is 2.60. The Balaban J connectivity index is 1.55. The van der Waals surface area contributed by atoms with E-state index in [1.807, 2.05) is 30.3 Å². The van der Waals surface area contributed by atoms with Crippen LogP contribution in [-0.4, -0.2) is 24.8 Å². The van der Waals surface area contributed by atoms with Crippen molar-refractivity contribution in [2.24, 2.45) is 0 Å². The van der Waals surface area contributed by atoms with Gasteiger partial charge in [0, 0.05) is 17.1 Å². The van der Waals surface area contributed by atoms with Crippen LogP contribution >= 0.6 is 11.8 Å². The minimum atomic E-state index is 0.0679. The number of hydrogen-bond acceptors (Lipinski definition) is 3. The number of nitrogens with one attached hydrogen (secondary N) is 1. The molecule has 23 heavy (non-hydrogen) atoms. The molecule has 3 nitrogen and oxygen atoms in total. The Morgan fingerprint density at radius 1 is 1.09 bits per heavy atom. The summed E-state index contributed by atoms with van der Waals surface area (Å²) in [5.41, 5.74) is 1.29. The Kier molecular flexibility index (Phi) is 7.54. The van der Waals surface area contributed by atoms with Crippen LogP contribution in [0.1, 0.15) is 18.9 Å². The van der Waals surface area contributed by atoms with Crippen LogP contribution < -0.4 is 10.1 Å².